The van der Waals surface area contributed by atoms with Crippen molar-refractivity contribution < 1.29 is 0 Å². The van der Waals surface area contributed by atoms with Crippen LogP contribution in [0.4, 0.5) is 5.82 Å². The van der Waals surface area contributed by atoms with Crippen molar-refractivity contribution in [3.63, 3.8) is 0 Å². The van der Waals surface area contributed by atoms with E-state index in [0.29, 0.717) is 6.04 Å². The molecule has 0 aromatic carbocycles. The standard InChI is InChI=1S/C13H22N4/c1-3-10-8-13(17-12(4-2)15-10)16-11-6-5-7-14-9-11/h8,11,14H,3-7,9H2,1-2H3,(H,15,16,17). The molecule has 1 aromatic rings. The summed E-state index contributed by atoms with van der Waals surface area (Å²) in [6.07, 6.45) is 4.32. The molecule has 0 bridgehead atoms. The quantitative estimate of drug-likeness (QED) is 0.833. The molecule has 2 N–H and O–H groups in total. The second-order valence-electron chi connectivity index (χ2n) is 4.56. The van der Waals surface area contributed by atoms with Crippen molar-refractivity contribution in [1.82, 2.24) is 15.3 Å². The van der Waals surface area contributed by atoms with Crippen LogP contribution in [0, 0.1) is 0 Å². The van der Waals surface area contributed by atoms with E-state index in [0.717, 1.165) is 43.3 Å². The second kappa shape index (κ2) is 5.96. The van der Waals surface area contributed by atoms with Gasteiger partial charge < -0.3 is 10.6 Å². The summed E-state index contributed by atoms with van der Waals surface area (Å²) in [4.78, 5) is 9.04. The van der Waals surface area contributed by atoms with Gasteiger partial charge in [-0.1, -0.05) is 13.8 Å². The molecule has 0 spiro atoms. The van der Waals surface area contributed by atoms with Gasteiger partial charge in [-0.15, -0.1) is 0 Å². The van der Waals surface area contributed by atoms with Crippen LogP contribution in [0.25, 0.3) is 0 Å². The number of nitrogens with one attached hydrogen (secondary N) is 2. The first-order valence-electron chi connectivity index (χ1n) is 6.66. The minimum atomic E-state index is 0.507. The molecule has 1 saturated heterocycles. The van der Waals surface area contributed by atoms with Gasteiger partial charge in [0.05, 0.1) is 0 Å². The van der Waals surface area contributed by atoms with Crippen molar-refractivity contribution in [1.29, 1.82) is 0 Å². The summed E-state index contributed by atoms with van der Waals surface area (Å²) in [5.41, 5.74) is 1.13. The monoisotopic (exact) mass is 234 g/mol. The van der Waals surface area contributed by atoms with E-state index in [-0.39, 0.29) is 0 Å². The molecule has 0 saturated carbocycles. The van der Waals surface area contributed by atoms with Gasteiger partial charge in [0.1, 0.15) is 11.6 Å². The number of hydrogen-bond acceptors (Lipinski definition) is 4. The number of nitrogens with zero attached hydrogens (tertiary/aromatic N) is 2. The first kappa shape index (κ1) is 12.3. The van der Waals surface area contributed by atoms with Gasteiger partial charge in [0.15, 0.2) is 0 Å². The highest BCUT2D eigenvalue weighted by Gasteiger charge is 2.13. The summed E-state index contributed by atoms with van der Waals surface area (Å²) in [6, 6.07) is 2.58. The average Bonchev–Trinajstić information content (AvgIpc) is 2.39. The van der Waals surface area contributed by atoms with Crippen LogP contribution in [0.1, 0.15) is 38.2 Å². The summed E-state index contributed by atoms with van der Waals surface area (Å²) in [6.45, 7) is 6.41. The molecule has 2 rings (SSSR count). The lowest BCUT2D eigenvalue weighted by molar-refractivity contribution is 0.478. The van der Waals surface area contributed by atoms with Crippen LogP contribution in [-0.4, -0.2) is 29.1 Å². The number of aromatic nitrogens is 2. The molecule has 0 radical (unpaired) electrons. The zero-order chi connectivity index (χ0) is 12.1. The maximum Gasteiger partial charge on any atom is 0.130 e. The smallest absolute Gasteiger partial charge is 0.130 e. The highest BCUT2D eigenvalue weighted by atomic mass is 15.1. The average molecular weight is 234 g/mol. The molecule has 1 aliphatic heterocycles. The topological polar surface area (TPSA) is 49.8 Å². The fourth-order valence-corrected chi connectivity index (χ4v) is 2.15. The molecule has 4 nitrogen and oxygen atoms in total. The molecule has 0 aliphatic carbocycles. The minimum Gasteiger partial charge on any atom is -0.366 e. The lowest BCUT2D eigenvalue weighted by Crippen LogP contribution is -2.38. The first-order chi connectivity index (χ1) is 8.31. The zero-order valence-electron chi connectivity index (χ0n) is 10.8. The Bertz CT molecular complexity index is 336. The van der Waals surface area contributed by atoms with Gasteiger partial charge in [-0.3, -0.25) is 0 Å². The van der Waals surface area contributed by atoms with Gasteiger partial charge in [-0.05, 0) is 25.8 Å². The van der Waals surface area contributed by atoms with Crippen molar-refractivity contribution in [2.45, 2.75) is 45.6 Å². The van der Waals surface area contributed by atoms with E-state index in [2.05, 4.69) is 40.5 Å². The minimum absolute atomic E-state index is 0.507. The number of aryl methyl sites for hydroxylation is 2. The third kappa shape index (κ3) is 3.40. The van der Waals surface area contributed by atoms with Crippen LogP contribution in [0.15, 0.2) is 6.07 Å². The number of rotatable bonds is 4. The highest BCUT2D eigenvalue weighted by molar-refractivity contribution is 5.37. The van der Waals surface area contributed by atoms with Gasteiger partial charge in [-0.2, -0.15) is 0 Å². The van der Waals surface area contributed by atoms with Gasteiger partial charge in [0, 0.05) is 30.8 Å². The number of hydrogen-bond donors (Lipinski definition) is 2. The third-order valence-corrected chi connectivity index (χ3v) is 3.15. The molecule has 17 heavy (non-hydrogen) atoms. The van der Waals surface area contributed by atoms with Crippen LogP contribution in [0.2, 0.25) is 0 Å². The molecule has 0 amide bonds. The lowest BCUT2D eigenvalue weighted by atomic mass is 10.1. The van der Waals surface area contributed by atoms with Crippen LogP contribution in [0.3, 0.4) is 0 Å². The molecule has 2 heterocycles. The normalized spacial score (nSPS) is 20.2. The Morgan fingerprint density at radius 2 is 2.24 bits per heavy atom. The van der Waals surface area contributed by atoms with E-state index in [1.807, 2.05) is 0 Å². The first-order valence-corrected chi connectivity index (χ1v) is 6.66. The molecular formula is C13H22N4. The van der Waals surface area contributed by atoms with Crippen LogP contribution >= 0.6 is 0 Å². The van der Waals surface area contributed by atoms with Gasteiger partial charge in [0.2, 0.25) is 0 Å². The van der Waals surface area contributed by atoms with Crippen LogP contribution < -0.4 is 10.6 Å². The summed E-state index contributed by atoms with van der Waals surface area (Å²) in [5.74, 6) is 1.93. The fraction of sp³-hybridized carbons (Fsp3) is 0.692. The molecule has 94 valence electrons. The van der Waals surface area contributed by atoms with E-state index in [1.165, 1.54) is 12.8 Å². The Labute approximate surface area is 103 Å². The highest BCUT2D eigenvalue weighted by Crippen LogP contribution is 2.12. The second-order valence-corrected chi connectivity index (χ2v) is 4.56. The van der Waals surface area contributed by atoms with E-state index < -0.39 is 0 Å². The van der Waals surface area contributed by atoms with Gasteiger partial charge >= 0.3 is 0 Å². The molecule has 1 unspecified atom stereocenters. The predicted molar refractivity (Wildman–Crippen MR) is 70.3 cm³/mol. The van der Waals surface area contributed by atoms with E-state index >= 15 is 0 Å². The van der Waals surface area contributed by atoms with E-state index in [4.69, 9.17) is 0 Å². The summed E-state index contributed by atoms with van der Waals surface area (Å²) in [5, 5.41) is 6.92. The Hall–Kier alpha value is -1.16. The Balaban J connectivity index is 2.07. The van der Waals surface area contributed by atoms with Gasteiger partial charge in [0.25, 0.3) is 0 Å². The SMILES string of the molecule is CCc1cc(NC2CCCNC2)nc(CC)n1. The Kier molecular flexibility index (Phi) is 4.31. The van der Waals surface area contributed by atoms with Crippen molar-refractivity contribution in [3.05, 3.63) is 17.6 Å². The zero-order valence-corrected chi connectivity index (χ0v) is 10.8. The molecule has 4 heteroatoms. The summed E-state index contributed by atoms with van der Waals surface area (Å²) >= 11 is 0. The lowest BCUT2D eigenvalue weighted by Gasteiger charge is -2.24. The maximum absolute atomic E-state index is 4.54. The van der Waals surface area contributed by atoms with E-state index in [9.17, 15) is 0 Å². The molecule has 1 atom stereocenters. The molecule has 1 fully saturated rings. The van der Waals surface area contributed by atoms with Crippen LogP contribution in [-0.2, 0) is 12.8 Å². The fourth-order valence-electron chi connectivity index (χ4n) is 2.15. The number of piperidine rings is 1. The third-order valence-electron chi connectivity index (χ3n) is 3.15. The van der Waals surface area contributed by atoms with Crippen LogP contribution in [0.5, 0.6) is 0 Å². The van der Waals surface area contributed by atoms with Gasteiger partial charge in [-0.25, -0.2) is 9.97 Å². The molecular weight excluding hydrogens is 212 g/mol. The predicted octanol–water partition coefficient (Wildman–Crippen LogP) is 1.77. The van der Waals surface area contributed by atoms with Crippen molar-refractivity contribution in [2.75, 3.05) is 18.4 Å². The maximum atomic E-state index is 4.54. The summed E-state index contributed by atoms with van der Waals surface area (Å²) in [7, 11) is 0. The molecule has 1 aliphatic rings. The van der Waals surface area contributed by atoms with Crippen molar-refractivity contribution >= 4 is 5.82 Å². The van der Waals surface area contributed by atoms with Crippen molar-refractivity contribution in [3.8, 4) is 0 Å². The summed E-state index contributed by atoms with van der Waals surface area (Å²) < 4.78 is 0. The Morgan fingerprint density at radius 3 is 2.88 bits per heavy atom. The van der Waals surface area contributed by atoms with Crippen molar-refractivity contribution in [2.24, 2.45) is 0 Å². The largest absolute Gasteiger partial charge is 0.366 e. The van der Waals surface area contributed by atoms with E-state index in [1.54, 1.807) is 0 Å². The number of anilines is 1. The molecule has 1 aromatic heterocycles. The Morgan fingerprint density at radius 1 is 1.35 bits per heavy atom.